The normalized spacial score (nSPS) is 10.9. The third-order valence-corrected chi connectivity index (χ3v) is 3.00. The topological polar surface area (TPSA) is 32.6 Å². The molecule has 17 heavy (non-hydrogen) atoms. The Labute approximate surface area is 109 Å². The Hall–Kier alpha value is -1.61. The molecule has 0 aliphatic rings. The first-order valence-corrected chi connectivity index (χ1v) is 6.04. The van der Waals surface area contributed by atoms with Crippen molar-refractivity contribution in [2.45, 2.75) is 6.92 Å². The maximum Gasteiger partial charge on any atom is 0.129 e. The lowest BCUT2D eigenvalue weighted by atomic mass is 10.2. The number of halogens is 1. The molecule has 0 aliphatic carbocycles. The fraction of sp³-hybridized carbons (Fsp3) is 0.0714. The first-order chi connectivity index (χ1) is 8.15. The molecule has 0 bridgehead atoms. The molecule has 2 nitrogen and oxygen atoms in total. The molecule has 2 rings (SSSR count). The third kappa shape index (κ3) is 3.17. The van der Waals surface area contributed by atoms with Gasteiger partial charge in [0.1, 0.15) is 5.75 Å². The lowest BCUT2D eigenvalue weighted by Crippen LogP contribution is -1.80. The zero-order chi connectivity index (χ0) is 12.3. The smallest absolute Gasteiger partial charge is 0.129 e. The monoisotopic (exact) mass is 289 g/mol. The number of hydrogen-bond acceptors (Lipinski definition) is 2. The summed E-state index contributed by atoms with van der Waals surface area (Å²) in [5, 5.41) is 9.37. The van der Waals surface area contributed by atoms with E-state index in [0.29, 0.717) is 4.47 Å². The van der Waals surface area contributed by atoms with Crippen LogP contribution in [-0.4, -0.2) is 11.3 Å². The third-order valence-electron chi connectivity index (χ3n) is 2.37. The number of phenols is 1. The molecule has 0 saturated carbocycles. The van der Waals surface area contributed by atoms with E-state index in [4.69, 9.17) is 0 Å². The minimum absolute atomic E-state index is 0.234. The zero-order valence-electron chi connectivity index (χ0n) is 9.39. The minimum Gasteiger partial charge on any atom is -0.507 e. The van der Waals surface area contributed by atoms with Crippen molar-refractivity contribution >= 4 is 27.8 Å². The molecule has 0 unspecified atom stereocenters. The van der Waals surface area contributed by atoms with Gasteiger partial charge in [-0.25, -0.2) is 0 Å². The summed E-state index contributed by atoms with van der Waals surface area (Å²) in [5.74, 6) is 0.234. The predicted molar refractivity (Wildman–Crippen MR) is 74.2 cm³/mol. The molecule has 0 amide bonds. The van der Waals surface area contributed by atoms with Crippen LogP contribution >= 0.6 is 15.9 Å². The summed E-state index contributed by atoms with van der Waals surface area (Å²) in [6.45, 7) is 2.05. The SMILES string of the molecule is Cc1ccc(N=Cc2ccc(O)c(Br)c2)cc1. The van der Waals surface area contributed by atoms with Crippen molar-refractivity contribution in [3.8, 4) is 5.75 Å². The molecule has 1 N–H and O–H groups in total. The van der Waals surface area contributed by atoms with Gasteiger partial charge in [0, 0.05) is 6.21 Å². The Morgan fingerprint density at radius 3 is 2.47 bits per heavy atom. The second kappa shape index (κ2) is 5.15. The van der Waals surface area contributed by atoms with Gasteiger partial charge < -0.3 is 5.11 Å². The number of aliphatic imine (C=N–C) groups is 1. The zero-order valence-corrected chi connectivity index (χ0v) is 11.0. The van der Waals surface area contributed by atoms with Crippen LogP contribution in [0.25, 0.3) is 0 Å². The number of aryl methyl sites for hydroxylation is 1. The summed E-state index contributed by atoms with van der Waals surface area (Å²) in [6.07, 6.45) is 1.77. The van der Waals surface area contributed by atoms with Gasteiger partial charge in [0.15, 0.2) is 0 Å². The van der Waals surface area contributed by atoms with Crippen molar-refractivity contribution in [3.63, 3.8) is 0 Å². The van der Waals surface area contributed by atoms with Gasteiger partial charge in [-0.15, -0.1) is 0 Å². The lowest BCUT2D eigenvalue weighted by Gasteiger charge is -1.98. The van der Waals surface area contributed by atoms with E-state index in [2.05, 4.69) is 20.9 Å². The van der Waals surface area contributed by atoms with Crippen LogP contribution < -0.4 is 0 Å². The highest BCUT2D eigenvalue weighted by molar-refractivity contribution is 9.10. The lowest BCUT2D eigenvalue weighted by molar-refractivity contribution is 0.472. The van der Waals surface area contributed by atoms with Gasteiger partial charge in [0.25, 0.3) is 0 Å². The second-order valence-corrected chi connectivity index (χ2v) is 4.66. The van der Waals surface area contributed by atoms with Gasteiger partial charge in [0.2, 0.25) is 0 Å². The molecule has 0 spiro atoms. The average Bonchev–Trinajstić information content (AvgIpc) is 2.33. The van der Waals surface area contributed by atoms with Crippen LogP contribution in [0.15, 0.2) is 51.9 Å². The molecule has 0 aliphatic heterocycles. The highest BCUT2D eigenvalue weighted by Gasteiger charge is 1.97. The molecule has 2 aromatic rings. The van der Waals surface area contributed by atoms with Crippen LogP contribution in [0.4, 0.5) is 5.69 Å². The van der Waals surface area contributed by atoms with E-state index in [1.807, 2.05) is 43.3 Å². The van der Waals surface area contributed by atoms with E-state index in [0.717, 1.165) is 11.3 Å². The number of benzene rings is 2. The van der Waals surface area contributed by atoms with E-state index in [1.54, 1.807) is 12.3 Å². The molecule has 3 heteroatoms. The summed E-state index contributed by atoms with van der Waals surface area (Å²) in [7, 11) is 0. The van der Waals surface area contributed by atoms with Crippen LogP contribution in [0, 0.1) is 6.92 Å². The Bertz CT molecular complexity index is 547. The van der Waals surface area contributed by atoms with Gasteiger partial charge in [-0.2, -0.15) is 0 Å². The van der Waals surface area contributed by atoms with Gasteiger partial charge in [-0.1, -0.05) is 17.7 Å². The number of phenolic OH excluding ortho intramolecular Hbond substituents is 1. The van der Waals surface area contributed by atoms with Crippen molar-refractivity contribution in [1.82, 2.24) is 0 Å². The first-order valence-electron chi connectivity index (χ1n) is 5.24. The molecule has 0 aromatic heterocycles. The quantitative estimate of drug-likeness (QED) is 0.825. The Morgan fingerprint density at radius 1 is 1.12 bits per heavy atom. The van der Waals surface area contributed by atoms with E-state index in [9.17, 15) is 5.11 Å². The number of nitrogens with zero attached hydrogens (tertiary/aromatic N) is 1. The average molecular weight is 290 g/mol. The first kappa shape index (κ1) is 11.9. The predicted octanol–water partition coefficient (Wildman–Crippen LogP) is 4.21. The van der Waals surface area contributed by atoms with Crippen molar-refractivity contribution in [2.24, 2.45) is 4.99 Å². The fourth-order valence-electron chi connectivity index (χ4n) is 1.38. The summed E-state index contributed by atoms with van der Waals surface area (Å²) in [5.41, 5.74) is 3.08. The maximum atomic E-state index is 9.37. The number of aromatic hydroxyl groups is 1. The van der Waals surface area contributed by atoms with Crippen molar-refractivity contribution in [3.05, 3.63) is 58.1 Å². The Kier molecular flexibility index (Phi) is 3.59. The highest BCUT2D eigenvalue weighted by Crippen LogP contribution is 2.23. The van der Waals surface area contributed by atoms with Crippen LogP contribution in [0.5, 0.6) is 5.75 Å². The van der Waals surface area contributed by atoms with Crippen molar-refractivity contribution in [2.75, 3.05) is 0 Å². The Morgan fingerprint density at radius 2 is 1.82 bits per heavy atom. The molecule has 0 saturated heterocycles. The summed E-state index contributed by atoms with van der Waals surface area (Å²) < 4.78 is 0.672. The summed E-state index contributed by atoms with van der Waals surface area (Å²) >= 11 is 3.27. The standard InChI is InChI=1S/C14H12BrNO/c1-10-2-5-12(6-3-10)16-9-11-4-7-14(17)13(15)8-11/h2-9,17H,1H3. The molecular formula is C14H12BrNO. The number of rotatable bonds is 2. The van der Waals surface area contributed by atoms with Crippen LogP contribution in [0.3, 0.4) is 0 Å². The van der Waals surface area contributed by atoms with E-state index < -0.39 is 0 Å². The van der Waals surface area contributed by atoms with E-state index in [-0.39, 0.29) is 5.75 Å². The summed E-state index contributed by atoms with van der Waals surface area (Å²) in [6, 6.07) is 13.3. The molecule has 2 aromatic carbocycles. The number of hydrogen-bond donors (Lipinski definition) is 1. The summed E-state index contributed by atoms with van der Waals surface area (Å²) in [4.78, 5) is 4.36. The molecule has 86 valence electrons. The van der Waals surface area contributed by atoms with Crippen molar-refractivity contribution < 1.29 is 5.11 Å². The van der Waals surface area contributed by atoms with Crippen LogP contribution in [0.1, 0.15) is 11.1 Å². The van der Waals surface area contributed by atoms with Crippen LogP contribution in [-0.2, 0) is 0 Å². The Balaban J connectivity index is 2.20. The van der Waals surface area contributed by atoms with E-state index >= 15 is 0 Å². The second-order valence-electron chi connectivity index (χ2n) is 3.80. The van der Waals surface area contributed by atoms with E-state index in [1.165, 1.54) is 5.56 Å². The highest BCUT2D eigenvalue weighted by atomic mass is 79.9. The van der Waals surface area contributed by atoms with Gasteiger partial charge in [-0.05, 0) is 58.7 Å². The molecule has 0 heterocycles. The van der Waals surface area contributed by atoms with Crippen LogP contribution in [0.2, 0.25) is 0 Å². The van der Waals surface area contributed by atoms with Gasteiger partial charge in [0.05, 0.1) is 10.2 Å². The minimum atomic E-state index is 0.234. The maximum absolute atomic E-state index is 9.37. The molecule has 0 radical (unpaired) electrons. The fourth-order valence-corrected chi connectivity index (χ4v) is 1.78. The molecule has 0 atom stereocenters. The molecular weight excluding hydrogens is 278 g/mol. The molecule has 0 fully saturated rings. The largest absolute Gasteiger partial charge is 0.507 e. The van der Waals surface area contributed by atoms with Gasteiger partial charge >= 0.3 is 0 Å². The van der Waals surface area contributed by atoms with Crippen molar-refractivity contribution in [1.29, 1.82) is 0 Å². The van der Waals surface area contributed by atoms with Gasteiger partial charge in [-0.3, -0.25) is 4.99 Å².